The normalized spacial score (nSPS) is 10.9. The molecule has 1 aromatic heterocycles. The van der Waals surface area contributed by atoms with Gasteiger partial charge in [0.05, 0.1) is 0 Å². The molecule has 0 aliphatic rings. The molecule has 1 heterocycles. The SMILES string of the molecule is CCCNCc1ccc(Sc2nc(C)ns2)cc1Br. The van der Waals surface area contributed by atoms with Gasteiger partial charge in [0.25, 0.3) is 0 Å². The number of hydrogen-bond donors (Lipinski definition) is 1. The summed E-state index contributed by atoms with van der Waals surface area (Å²) in [7, 11) is 0. The Morgan fingerprint density at radius 1 is 1.42 bits per heavy atom. The first-order valence-corrected chi connectivity index (χ1v) is 8.54. The molecule has 0 atom stereocenters. The van der Waals surface area contributed by atoms with E-state index < -0.39 is 0 Å². The van der Waals surface area contributed by atoms with Crippen LogP contribution in [0.2, 0.25) is 0 Å². The van der Waals surface area contributed by atoms with E-state index in [0.717, 1.165) is 34.1 Å². The van der Waals surface area contributed by atoms with Gasteiger partial charge < -0.3 is 5.32 Å². The molecule has 0 unspecified atom stereocenters. The van der Waals surface area contributed by atoms with Crippen LogP contribution in [-0.4, -0.2) is 15.9 Å². The summed E-state index contributed by atoms with van der Waals surface area (Å²) in [5.74, 6) is 0.840. The Kier molecular flexibility index (Phi) is 5.81. The third-order valence-electron chi connectivity index (χ3n) is 2.48. The van der Waals surface area contributed by atoms with Gasteiger partial charge in [0.15, 0.2) is 4.34 Å². The first kappa shape index (κ1) is 15.0. The Hall–Kier alpha value is -0.430. The van der Waals surface area contributed by atoms with Crippen molar-refractivity contribution in [3.05, 3.63) is 34.1 Å². The number of rotatable bonds is 6. The molecular formula is C13H16BrN3S2. The van der Waals surface area contributed by atoms with Crippen molar-refractivity contribution in [2.24, 2.45) is 0 Å². The maximum Gasteiger partial charge on any atom is 0.174 e. The van der Waals surface area contributed by atoms with E-state index in [2.05, 4.69) is 55.7 Å². The van der Waals surface area contributed by atoms with Crippen LogP contribution < -0.4 is 5.32 Å². The first-order valence-electron chi connectivity index (χ1n) is 6.16. The predicted octanol–water partition coefficient (Wildman–Crippen LogP) is 4.26. The quantitative estimate of drug-likeness (QED) is 0.783. The number of aromatic nitrogens is 2. The van der Waals surface area contributed by atoms with Gasteiger partial charge in [-0.2, -0.15) is 4.37 Å². The van der Waals surface area contributed by atoms with E-state index in [1.54, 1.807) is 11.8 Å². The van der Waals surface area contributed by atoms with Crippen molar-refractivity contribution < 1.29 is 0 Å². The fraction of sp³-hybridized carbons (Fsp3) is 0.385. The van der Waals surface area contributed by atoms with Gasteiger partial charge in [-0.15, -0.1) is 0 Å². The van der Waals surface area contributed by atoms with E-state index in [0.29, 0.717) is 0 Å². The standard InChI is InChI=1S/C13H16BrN3S2/c1-3-6-15-8-10-4-5-11(7-12(10)14)18-13-16-9(2)17-19-13/h4-5,7,15H,3,6,8H2,1-2H3. The topological polar surface area (TPSA) is 37.8 Å². The molecule has 0 spiro atoms. The highest BCUT2D eigenvalue weighted by atomic mass is 79.9. The Labute approximate surface area is 130 Å². The van der Waals surface area contributed by atoms with Gasteiger partial charge in [-0.25, -0.2) is 4.98 Å². The molecule has 19 heavy (non-hydrogen) atoms. The molecule has 6 heteroatoms. The van der Waals surface area contributed by atoms with Crippen molar-refractivity contribution in [2.45, 2.75) is 36.0 Å². The average Bonchev–Trinajstić information content (AvgIpc) is 2.78. The van der Waals surface area contributed by atoms with Gasteiger partial charge in [-0.05, 0) is 49.1 Å². The third kappa shape index (κ3) is 4.56. The Balaban J connectivity index is 2.01. The second-order valence-corrected chi connectivity index (χ2v) is 7.07. The molecule has 0 fully saturated rings. The maximum atomic E-state index is 4.36. The summed E-state index contributed by atoms with van der Waals surface area (Å²) in [6.45, 7) is 6.04. The number of nitrogens with zero attached hydrogens (tertiary/aromatic N) is 2. The van der Waals surface area contributed by atoms with Crippen molar-refractivity contribution in [1.82, 2.24) is 14.7 Å². The average molecular weight is 358 g/mol. The molecule has 0 radical (unpaired) electrons. The first-order chi connectivity index (χ1) is 9.19. The summed E-state index contributed by atoms with van der Waals surface area (Å²) in [4.78, 5) is 5.54. The molecule has 102 valence electrons. The van der Waals surface area contributed by atoms with Crippen LogP contribution in [-0.2, 0) is 6.54 Å². The van der Waals surface area contributed by atoms with Crippen LogP contribution in [0.25, 0.3) is 0 Å². The highest BCUT2D eigenvalue weighted by Gasteiger charge is 2.06. The number of hydrogen-bond acceptors (Lipinski definition) is 5. The summed E-state index contributed by atoms with van der Waals surface area (Å²) in [5, 5.41) is 3.41. The molecule has 2 aromatic rings. The van der Waals surface area contributed by atoms with Crippen molar-refractivity contribution in [3.63, 3.8) is 0 Å². The molecule has 3 nitrogen and oxygen atoms in total. The number of nitrogens with one attached hydrogen (secondary N) is 1. The van der Waals surface area contributed by atoms with E-state index in [4.69, 9.17) is 0 Å². The highest BCUT2D eigenvalue weighted by Crippen LogP contribution is 2.31. The van der Waals surface area contributed by atoms with E-state index in [1.165, 1.54) is 22.0 Å². The zero-order chi connectivity index (χ0) is 13.7. The van der Waals surface area contributed by atoms with Crippen LogP contribution in [0.1, 0.15) is 24.7 Å². The lowest BCUT2D eigenvalue weighted by atomic mass is 10.2. The van der Waals surface area contributed by atoms with Gasteiger partial charge in [0.2, 0.25) is 0 Å². The largest absolute Gasteiger partial charge is 0.313 e. The van der Waals surface area contributed by atoms with E-state index >= 15 is 0 Å². The van der Waals surface area contributed by atoms with Gasteiger partial charge >= 0.3 is 0 Å². The van der Waals surface area contributed by atoms with E-state index in [9.17, 15) is 0 Å². The van der Waals surface area contributed by atoms with Crippen LogP contribution in [0, 0.1) is 6.92 Å². The molecule has 1 aromatic carbocycles. The van der Waals surface area contributed by atoms with Gasteiger partial charge in [-0.1, -0.05) is 40.7 Å². The summed E-state index contributed by atoms with van der Waals surface area (Å²) in [5.41, 5.74) is 1.28. The van der Waals surface area contributed by atoms with Gasteiger partial charge in [0, 0.05) is 15.9 Å². The minimum atomic E-state index is 0.840. The lowest BCUT2D eigenvalue weighted by molar-refractivity contribution is 0.673. The summed E-state index contributed by atoms with van der Waals surface area (Å²) in [6, 6.07) is 6.43. The maximum absolute atomic E-state index is 4.36. The van der Waals surface area contributed by atoms with E-state index in [1.807, 2.05) is 6.92 Å². The lowest BCUT2D eigenvalue weighted by Gasteiger charge is -2.07. The van der Waals surface area contributed by atoms with Crippen molar-refractivity contribution in [1.29, 1.82) is 0 Å². The smallest absolute Gasteiger partial charge is 0.174 e. The zero-order valence-corrected chi connectivity index (χ0v) is 14.2. The molecule has 0 saturated carbocycles. The molecule has 1 N–H and O–H groups in total. The zero-order valence-electron chi connectivity index (χ0n) is 10.9. The Morgan fingerprint density at radius 3 is 2.89 bits per heavy atom. The Morgan fingerprint density at radius 2 is 2.26 bits per heavy atom. The minimum Gasteiger partial charge on any atom is -0.313 e. The van der Waals surface area contributed by atoms with Crippen molar-refractivity contribution >= 4 is 39.2 Å². The molecular weight excluding hydrogens is 342 g/mol. The molecule has 0 bridgehead atoms. The predicted molar refractivity (Wildman–Crippen MR) is 84.9 cm³/mol. The van der Waals surface area contributed by atoms with Crippen LogP contribution in [0.4, 0.5) is 0 Å². The number of aryl methyl sites for hydroxylation is 1. The van der Waals surface area contributed by atoms with Crippen LogP contribution in [0.5, 0.6) is 0 Å². The van der Waals surface area contributed by atoms with Gasteiger partial charge in [-0.3, -0.25) is 0 Å². The fourth-order valence-electron chi connectivity index (χ4n) is 1.56. The van der Waals surface area contributed by atoms with Gasteiger partial charge in [0.1, 0.15) is 5.82 Å². The molecule has 0 aliphatic heterocycles. The second kappa shape index (κ2) is 7.38. The van der Waals surface area contributed by atoms with E-state index in [-0.39, 0.29) is 0 Å². The fourth-order valence-corrected chi connectivity index (χ4v) is 3.89. The second-order valence-electron chi connectivity index (χ2n) is 4.14. The monoisotopic (exact) mass is 357 g/mol. The number of halogens is 1. The van der Waals surface area contributed by atoms with Crippen LogP contribution in [0.15, 0.2) is 31.9 Å². The highest BCUT2D eigenvalue weighted by molar-refractivity contribution is 9.10. The van der Waals surface area contributed by atoms with Crippen molar-refractivity contribution in [3.8, 4) is 0 Å². The van der Waals surface area contributed by atoms with Crippen molar-refractivity contribution in [2.75, 3.05) is 6.54 Å². The lowest BCUT2D eigenvalue weighted by Crippen LogP contribution is -2.14. The third-order valence-corrected chi connectivity index (χ3v) is 5.05. The molecule has 0 amide bonds. The summed E-state index contributed by atoms with van der Waals surface area (Å²) in [6.07, 6.45) is 1.15. The summed E-state index contributed by atoms with van der Waals surface area (Å²) < 4.78 is 6.32. The molecule has 0 aliphatic carbocycles. The van der Waals surface area contributed by atoms with Crippen LogP contribution in [0.3, 0.4) is 0 Å². The number of benzene rings is 1. The summed E-state index contributed by atoms with van der Waals surface area (Å²) >= 11 is 6.73. The van der Waals surface area contributed by atoms with Crippen LogP contribution >= 0.6 is 39.2 Å². The Bertz CT molecular complexity index is 542. The molecule has 0 saturated heterocycles. The molecule has 2 rings (SSSR count). The minimum absolute atomic E-state index is 0.840.